The topological polar surface area (TPSA) is 76.9 Å². The predicted molar refractivity (Wildman–Crippen MR) is 75.6 cm³/mol. The third kappa shape index (κ3) is 3.58. The number of anilines is 1. The lowest BCUT2D eigenvalue weighted by atomic mass is 10.2. The zero-order valence-electron chi connectivity index (χ0n) is 11.1. The first-order chi connectivity index (χ1) is 10.1. The number of hydrogen-bond donors (Lipinski definition) is 1. The van der Waals surface area contributed by atoms with Crippen molar-refractivity contribution in [1.29, 1.82) is 0 Å². The molecule has 0 bridgehead atoms. The van der Waals surface area contributed by atoms with Crippen LogP contribution in [0.5, 0.6) is 0 Å². The van der Waals surface area contributed by atoms with Crippen LogP contribution in [0.2, 0.25) is 0 Å². The number of nitrogens with zero attached hydrogens (tertiary/aromatic N) is 3. The second kappa shape index (κ2) is 5.88. The molecule has 2 heterocycles. The van der Waals surface area contributed by atoms with Crippen molar-refractivity contribution in [1.82, 2.24) is 14.8 Å². The molecule has 0 aliphatic rings. The normalized spacial score (nSPS) is 12.4. The van der Waals surface area contributed by atoms with Crippen molar-refractivity contribution in [2.24, 2.45) is 0 Å². The van der Waals surface area contributed by atoms with Crippen molar-refractivity contribution in [3.8, 4) is 0 Å². The maximum atomic E-state index is 12.8. The van der Waals surface area contributed by atoms with E-state index in [1.165, 1.54) is 10.9 Å². The molecule has 0 aromatic carbocycles. The minimum atomic E-state index is -4.63. The van der Waals surface area contributed by atoms with E-state index < -0.39 is 27.6 Å². The number of hydrogen-bond acceptors (Lipinski definition) is 4. The second-order valence-electron chi connectivity index (χ2n) is 4.18. The third-order valence-electron chi connectivity index (χ3n) is 2.64. The van der Waals surface area contributed by atoms with Gasteiger partial charge in [-0.2, -0.15) is 18.3 Å². The van der Waals surface area contributed by atoms with Gasteiger partial charge in [0, 0.05) is 23.4 Å². The van der Waals surface area contributed by atoms with Crippen LogP contribution in [0, 0.1) is 0 Å². The van der Waals surface area contributed by atoms with Gasteiger partial charge >= 0.3 is 6.18 Å². The van der Waals surface area contributed by atoms with Crippen LogP contribution < -0.4 is 4.72 Å². The van der Waals surface area contributed by atoms with Gasteiger partial charge in [0.15, 0.2) is 0 Å². The number of aryl methyl sites for hydroxylation is 1. The van der Waals surface area contributed by atoms with Crippen molar-refractivity contribution in [3.63, 3.8) is 0 Å². The molecule has 2 aromatic rings. The fraction of sp³-hybridized carbons (Fsp3) is 0.273. The molecule has 0 spiro atoms. The lowest BCUT2D eigenvalue weighted by molar-refractivity contribution is -0.138. The molecule has 22 heavy (non-hydrogen) atoms. The van der Waals surface area contributed by atoms with Crippen LogP contribution in [0.1, 0.15) is 12.5 Å². The molecule has 0 radical (unpaired) electrons. The number of nitrogens with one attached hydrogen (secondary N) is 1. The van der Waals surface area contributed by atoms with E-state index >= 15 is 0 Å². The summed E-state index contributed by atoms with van der Waals surface area (Å²) >= 11 is 2.73. The van der Waals surface area contributed by atoms with Crippen molar-refractivity contribution in [2.75, 3.05) is 4.72 Å². The maximum Gasteiger partial charge on any atom is 0.417 e. The summed E-state index contributed by atoms with van der Waals surface area (Å²) in [6.45, 7) is 2.23. The van der Waals surface area contributed by atoms with E-state index in [4.69, 9.17) is 0 Å². The SMILES string of the molecule is CCn1cc(S(=O)(=O)Nc2cc(C(F)(F)F)c(Br)cn2)cn1. The van der Waals surface area contributed by atoms with Crippen molar-refractivity contribution < 1.29 is 21.6 Å². The zero-order valence-corrected chi connectivity index (χ0v) is 13.5. The average Bonchev–Trinajstić information content (AvgIpc) is 2.89. The molecule has 0 aliphatic carbocycles. The fourth-order valence-electron chi connectivity index (χ4n) is 1.56. The minimum absolute atomic E-state index is 0.160. The number of halogens is 4. The van der Waals surface area contributed by atoms with Crippen molar-refractivity contribution in [2.45, 2.75) is 24.5 Å². The zero-order chi connectivity index (χ0) is 16.5. The maximum absolute atomic E-state index is 12.8. The molecule has 0 amide bonds. The highest BCUT2D eigenvalue weighted by molar-refractivity contribution is 9.10. The van der Waals surface area contributed by atoms with Crippen LogP contribution in [0.25, 0.3) is 0 Å². The van der Waals surface area contributed by atoms with E-state index in [0.29, 0.717) is 12.6 Å². The van der Waals surface area contributed by atoms with Gasteiger partial charge in [0.05, 0.1) is 11.8 Å². The first kappa shape index (κ1) is 16.7. The van der Waals surface area contributed by atoms with E-state index in [9.17, 15) is 21.6 Å². The molecule has 0 fully saturated rings. The lowest BCUT2D eigenvalue weighted by Crippen LogP contribution is -2.15. The Hall–Kier alpha value is -1.62. The average molecular weight is 399 g/mol. The Bertz CT molecular complexity index is 789. The predicted octanol–water partition coefficient (Wildman–Crippen LogP) is 2.88. The van der Waals surface area contributed by atoms with Crippen LogP contribution in [-0.4, -0.2) is 23.2 Å². The van der Waals surface area contributed by atoms with E-state index in [2.05, 4.69) is 26.0 Å². The van der Waals surface area contributed by atoms with Crippen LogP contribution in [0.15, 0.2) is 34.0 Å². The fourth-order valence-corrected chi connectivity index (χ4v) is 2.96. The summed E-state index contributed by atoms with van der Waals surface area (Å²) in [7, 11) is -4.06. The molecule has 120 valence electrons. The standard InChI is InChI=1S/C11H10BrF3N4O2S/c1-2-19-6-7(4-17-19)22(20,21)18-10-3-8(11(13,14)15)9(12)5-16-10/h3-6H,2H2,1H3,(H,16,18). The van der Waals surface area contributed by atoms with Gasteiger partial charge in [0.1, 0.15) is 10.7 Å². The molecule has 0 atom stereocenters. The van der Waals surface area contributed by atoms with Crippen molar-refractivity contribution in [3.05, 3.63) is 34.7 Å². The molecule has 1 N–H and O–H groups in total. The molecule has 0 saturated carbocycles. The van der Waals surface area contributed by atoms with Crippen LogP contribution in [0.3, 0.4) is 0 Å². The van der Waals surface area contributed by atoms with Gasteiger partial charge in [-0.15, -0.1) is 0 Å². The molecular formula is C11H10BrF3N4O2S. The Labute approximate surface area is 132 Å². The Morgan fingerprint density at radius 2 is 2.05 bits per heavy atom. The largest absolute Gasteiger partial charge is 0.417 e. The summed E-state index contributed by atoms with van der Waals surface area (Å²) in [6.07, 6.45) is -1.37. The molecular weight excluding hydrogens is 389 g/mol. The lowest BCUT2D eigenvalue weighted by Gasteiger charge is -2.11. The Morgan fingerprint density at radius 1 is 1.36 bits per heavy atom. The Kier molecular flexibility index (Phi) is 4.47. The molecule has 0 unspecified atom stereocenters. The summed E-state index contributed by atoms with van der Waals surface area (Å²) in [6, 6.07) is 0.617. The van der Waals surface area contributed by atoms with Gasteiger partial charge in [-0.05, 0) is 28.9 Å². The minimum Gasteiger partial charge on any atom is -0.272 e. The molecule has 11 heteroatoms. The second-order valence-corrected chi connectivity index (χ2v) is 6.72. The first-order valence-corrected chi connectivity index (χ1v) is 8.19. The van der Waals surface area contributed by atoms with Gasteiger partial charge in [-0.1, -0.05) is 0 Å². The number of sulfonamides is 1. The van der Waals surface area contributed by atoms with E-state index in [1.54, 1.807) is 6.92 Å². The highest BCUT2D eigenvalue weighted by Crippen LogP contribution is 2.35. The van der Waals surface area contributed by atoms with Gasteiger partial charge in [-0.3, -0.25) is 9.40 Å². The van der Waals surface area contributed by atoms with E-state index in [0.717, 1.165) is 12.4 Å². The Balaban J connectivity index is 2.34. The van der Waals surface area contributed by atoms with Gasteiger partial charge in [0.2, 0.25) is 0 Å². The smallest absolute Gasteiger partial charge is 0.272 e. The number of pyridine rings is 1. The monoisotopic (exact) mass is 398 g/mol. The van der Waals surface area contributed by atoms with Gasteiger partial charge in [0.25, 0.3) is 10.0 Å². The Morgan fingerprint density at radius 3 is 2.59 bits per heavy atom. The molecule has 6 nitrogen and oxygen atoms in total. The quantitative estimate of drug-likeness (QED) is 0.858. The first-order valence-electron chi connectivity index (χ1n) is 5.91. The number of alkyl halides is 3. The van der Waals surface area contributed by atoms with E-state index in [1.807, 2.05) is 4.72 Å². The number of aromatic nitrogens is 3. The number of rotatable bonds is 4. The molecule has 0 aliphatic heterocycles. The van der Waals surface area contributed by atoms with Crippen LogP contribution in [-0.2, 0) is 22.7 Å². The summed E-state index contributed by atoms with van der Waals surface area (Å²) in [5.41, 5.74) is -1.02. The third-order valence-corrected chi connectivity index (χ3v) is 4.58. The summed E-state index contributed by atoms with van der Waals surface area (Å²) in [4.78, 5) is 3.47. The highest BCUT2D eigenvalue weighted by Gasteiger charge is 2.34. The molecule has 2 rings (SSSR count). The highest BCUT2D eigenvalue weighted by atomic mass is 79.9. The van der Waals surface area contributed by atoms with Crippen molar-refractivity contribution >= 4 is 31.8 Å². The van der Waals surface area contributed by atoms with E-state index in [-0.39, 0.29) is 9.37 Å². The molecule has 0 saturated heterocycles. The van der Waals surface area contributed by atoms with Crippen LogP contribution in [0.4, 0.5) is 19.0 Å². The van der Waals surface area contributed by atoms with Gasteiger partial charge in [-0.25, -0.2) is 13.4 Å². The summed E-state index contributed by atoms with van der Waals surface area (Å²) in [5.74, 6) is -0.431. The van der Waals surface area contributed by atoms with Gasteiger partial charge < -0.3 is 0 Å². The molecule has 2 aromatic heterocycles. The summed E-state index contributed by atoms with van der Waals surface area (Å²) < 4.78 is 65.6. The van der Waals surface area contributed by atoms with Crippen LogP contribution >= 0.6 is 15.9 Å². The summed E-state index contributed by atoms with van der Waals surface area (Å²) in [5, 5.41) is 3.80.